The minimum Gasteiger partial charge on any atom is -0.494 e. The smallest absolute Gasteiger partial charge is 0.264 e. The number of amidine groups is 1. The van der Waals surface area contributed by atoms with Crippen molar-refractivity contribution in [2.45, 2.75) is 13.5 Å². The summed E-state index contributed by atoms with van der Waals surface area (Å²) in [6.07, 6.45) is 1.83. The molecule has 0 atom stereocenters. The van der Waals surface area contributed by atoms with Crippen molar-refractivity contribution in [1.82, 2.24) is 5.32 Å². The average molecular weight is 574 g/mol. The molecule has 1 heterocycles. The highest BCUT2D eigenvalue weighted by atomic mass is 127. The second-order valence-corrected chi connectivity index (χ2v) is 9.21. The second-order valence-electron chi connectivity index (χ2n) is 7.01. The van der Waals surface area contributed by atoms with Gasteiger partial charge in [-0.25, -0.2) is 9.38 Å². The van der Waals surface area contributed by atoms with E-state index >= 15 is 0 Å². The summed E-state index contributed by atoms with van der Waals surface area (Å²) in [5.74, 6) is 1.05. The first-order chi connectivity index (χ1) is 16.0. The molecule has 0 aromatic heterocycles. The van der Waals surface area contributed by atoms with Crippen LogP contribution in [0.5, 0.6) is 11.5 Å². The van der Waals surface area contributed by atoms with E-state index in [1.54, 1.807) is 12.1 Å². The molecule has 0 unspecified atom stereocenters. The number of ether oxygens (including phenoxy) is 2. The topological polar surface area (TPSA) is 59.9 Å². The van der Waals surface area contributed by atoms with E-state index in [-0.39, 0.29) is 11.7 Å². The highest BCUT2D eigenvalue weighted by molar-refractivity contribution is 14.1. The summed E-state index contributed by atoms with van der Waals surface area (Å²) in [6.45, 7) is 2.89. The average Bonchev–Trinajstić information content (AvgIpc) is 3.14. The number of carbonyl (C=O) groups is 1. The zero-order valence-electron chi connectivity index (χ0n) is 17.7. The zero-order valence-corrected chi connectivity index (χ0v) is 20.7. The molecule has 3 aromatic carbocycles. The van der Waals surface area contributed by atoms with Gasteiger partial charge in [-0.15, -0.1) is 0 Å². The van der Waals surface area contributed by atoms with Crippen LogP contribution in [-0.2, 0) is 11.4 Å². The van der Waals surface area contributed by atoms with Crippen LogP contribution in [-0.4, -0.2) is 17.7 Å². The van der Waals surface area contributed by atoms with Crippen LogP contribution in [0.25, 0.3) is 6.08 Å². The third-order valence-corrected chi connectivity index (χ3v) is 6.34. The molecule has 0 aliphatic carbocycles. The lowest BCUT2D eigenvalue weighted by Gasteiger charge is -2.09. The fourth-order valence-electron chi connectivity index (χ4n) is 3.00. The summed E-state index contributed by atoms with van der Waals surface area (Å²) in [5.41, 5.74) is 2.50. The van der Waals surface area contributed by atoms with Gasteiger partial charge in [-0.1, -0.05) is 18.2 Å². The maximum Gasteiger partial charge on any atom is 0.264 e. The van der Waals surface area contributed by atoms with Gasteiger partial charge in [-0.05, 0) is 107 Å². The van der Waals surface area contributed by atoms with Crippen molar-refractivity contribution in [3.05, 3.63) is 92.1 Å². The summed E-state index contributed by atoms with van der Waals surface area (Å²) in [4.78, 5) is 17.5. The van der Waals surface area contributed by atoms with Crippen molar-refractivity contribution < 1.29 is 18.7 Å². The van der Waals surface area contributed by atoms with Gasteiger partial charge in [0.25, 0.3) is 5.91 Å². The molecule has 1 saturated heterocycles. The van der Waals surface area contributed by atoms with Crippen LogP contribution in [0.4, 0.5) is 10.1 Å². The highest BCUT2D eigenvalue weighted by Crippen LogP contribution is 2.30. The largest absolute Gasteiger partial charge is 0.494 e. The number of benzene rings is 3. The number of thioether (sulfide) groups is 1. The molecule has 33 heavy (non-hydrogen) atoms. The Morgan fingerprint density at radius 2 is 1.82 bits per heavy atom. The molecule has 8 heteroatoms. The molecule has 0 radical (unpaired) electrons. The Morgan fingerprint density at radius 1 is 1.06 bits per heavy atom. The molecule has 5 nitrogen and oxygen atoms in total. The minimum absolute atomic E-state index is 0.184. The molecule has 1 aliphatic heterocycles. The number of rotatable bonds is 7. The predicted octanol–water partition coefficient (Wildman–Crippen LogP) is 6.30. The standard InChI is InChI=1S/C25H20FIN2O3S/c1-2-31-20-10-8-19(9-11-20)28-25-29-24(30)23(33-25)14-17-5-12-22(21(27)13-17)32-15-16-3-6-18(26)7-4-16/h3-14H,2,15H2,1H3,(H,28,29,30)/b23-14+. The van der Waals surface area contributed by atoms with Crippen LogP contribution < -0.4 is 14.8 Å². The SMILES string of the molecule is CCOc1ccc(N=C2NC(=O)/C(=C\c3ccc(OCc4ccc(F)cc4)c(I)c3)S2)cc1. The van der Waals surface area contributed by atoms with E-state index in [2.05, 4.69) is 32.9 Å². The highest BCUT2D eigenvalue weighted by Gasteiger charge is 2.24. The summed E-state index contributed by atoms with van der Waals surface area (Å²) < 4.78 is 25.2. The number of nitrogens with one attached hydrogen (secondary N) is 1. The molecule has 3 aromatic rings. The molecule has 1 aliphatic rings. The number of hydrogen-bond donors (Lipinski definition) is 1. The van der Waals surface area contributed by atoms with Gasteiger partial charge < -0.3 is 14.8 Å². The van der Waals surface area contributed by atoms with E-state index < -0.39 is 0 Å². The minimum atomic E-state index is -0.271. The number of aliphatic imine (C=N–C) groups is 1. The van der Waals surface area contributed by atoms with Gasteiger partial charge in [0.2, 0.25) is 0 Å². The van der Waals surface area contributed by atoms with Crippen LogP contribution in [0, 0.1) is 9.39 Å². The molecular formula is C25H20FIN2O3S. The van der Waals surface area contributed by atoms with Gasteiger partial charge in [0.05, 0.1) is 20.8 Å². The van der Waals surface area contributed by atoms with Crippen LogP contribution in [0.15, 0.2) is 76.6 Å². The lowest BCUT2D eigenvalue weighted by Crippen LogP contribution is -2.19. The van der Waals surface area contributed by atoms with Gasteiger partial charge in [0, 0.05) is 0 Å². The Kier molecular flexibility index (Phi) is 7.66. The van der Waals surface area contributed by atoms with Gasteiger partial charge in [-0.2, -0.15) is 0 Å². The number of hydrogen-bond acceptors (Lipinski definition) is 5. The number of halogens is 2. The van der Waals surface area contributed by atoms with Crippen LogP contribution in [0.1, 0.15) is 18.1 Å². The van der Waals surface area contributed by atoms with Crippen molar-refractivity contribution in [3.63, 3.8) is 0 Å². The van der Waals surface area contributed by atoms with Crippen molar-refractivity contribution in [3.8, 4) is 11.5 Å². The fourth-order valence-corrected chi connectivity index (χ4v) is 4.54. The van der Waals surface area contributed by atoms with Gasteiger partial charge in [0.15, 0.2) is 5.17 Å². The molecule has 0 spiro atoms. The van der Waals surface area contributed by atoms with E-state index in [0.717, 1.165) is 31.9 Å². The summed E-state index contributed by atoms with van der Waals surface area (Å²) >= 11 is 3.49. The normalized spacial score (nSPS) is 15.7. The van der Waals surface area contributed by atoms with Crippen molar-refractivity contribution in [2.24, 2.45) is 4.99 Å². The quantitative estimate of drug-likeness (QED) is 0.266. The number of carbonyl (C=O) groups excluding carboxylic acids is 1. The monoisotopic (exact) mass is 574 g/mol. The second kappa shape index (κ2) is 10.8. The lowest BCUT2D eigenvalue weighted by molar-refractivity contribution is -0.115. The first-order valence-electron chi connectivity index (χ1n) is 10.2. The van der Waals surface area contributed by atoms with E-state index in [1.807, 2.05) is 55.5 Å². The number of nitrogens with zero attached hydrogens (tertiary/aromatic N) is 1. The van der Waals surface area contributed by atoms with Gasteiger partial charge in [0.1, 0.15) is 23.9 Å². The molecule has 1 amide bonds. The maximum absolute atomic E-state index is 13.0. The van der Waals surface area contributed by atoms with E-state index in [0.29, 0.717) is 23.3 Å². The predicted molar refractivity (Wildman–Crippen MR) is 138 cm³/mol. The van der Waals surface area contributed by atoms with Crippen molar-refractivity contribution in [1.29, 1.82) is 0 Å². The summed E-state index contributed by atoms with van der Waals surface area (Å²) in [5, 5.41) is 3.33. The van der Waals surface area contributed by atoms with E-state index in [1.165, 1.54) is 23.9 Å². The first kappa shape index (κ1) is 23.3. The molecule has 4 rings (SSSR count). The summed E-state index contributed by atoms with van der Waals surface area (Å²) in [7, 11) is 0. The maximum atomic E-state index is 13.0. The Bertz CT molecular complexity index is 1210. The Balaban J connectivity index is 1.42. The molecule has 1 N–H and O–H groups in total. The van der Waals surface area contributed by atoms with Crippen LogP contribution in [0.2, 0.25) is 0 Å². The number of amides is 1. The molecule has 168 valence electrons. The van der Waals surface area contributed by atoms with E-state index in [4.69, 9.17) is 9.47 Å². The molecule has 0 saturated carbocycles. The fraction of sp³-hybridized carbons (Fsp3) is 0.120. The van der Waals surface area contributed by atoms with E-state index in [9.17, 15) is 9.18 Å². The third-order valence-electron chi connectivity index (χ3n) is 4.59. The summed E-state index contributed by atoms with van der Waals surface area (Å²) in [6, 6.07) is 19.3. The first-order valence-corrected chi connectivity index (χ1v) is 12.1. The van der Waals surface area contributed by atoms with Gasteiger partial charge in [-0.3, -0.25) is 4.79 Å². The van der Waals surface area contributed by atoms with Crippen LogP contribution >= 0.6 is 34.4 Å². The lowest BCUT2D eigenvalue weighted by atomic mass is 10.2. The third kappa shape index (κ3) is 6.35. The van der Waals surface area contributed by atoms with Crippen LogP contribution in [0.3, 0.4) is 0 Å². The molecule has 1 fully saturated rings. The Morgan fingerprint density at radius 3 is 2.52 bits per heavy atom. The van der Waals surface area contributed by atoms with Crippen molar-refractivity contribution in [2.75, 3.05) is 6.61 Å². The van der Waals surface area contributed by atoms with Gasteiger partial charge >= 0.3 is 0 Å². The molecular weight excluding hydrogens is 554 g/mol. The van der Waals surface area contributed by atoms with Crippen molar-refractivity contribution >= 4 is 57.2 Å². The molecule has 0 bridgehead atoms. The Hall–Kier alpha value is -2.85. The Labute approximate surface area is 209 Å². The zero-order chi connectivity index (χ0) is 23.2.